The monoisotopic (exact) mass is 342 g/mol. The zero-order valence-electron chi connectivity index (χ0n) is 14.2. The van der Waals surface area contributed by atoms with Crippen LogP contribution >= 0.6 is 0 Å². The fraction of sp³-hybridized carbons (Fsp3) is 0.500. The normalized spacial score (nSPS) is 26.4. The molecule has 132 valence electrons. The minimum atomic E-state index is -0.385. The molecule has 25 heavy (non-hydrogen) atoms. The Labute approximate surface area is 146 Å². The van der Waals surface area contributed by atoms with Gasteiger partial charge in [0.25, 0.3) is 5.91 Å². The maximum absolute atomic E-state index is 12.4. The van der Waals surface area contributed by atoms with E-state index < -0.39 is 0 Å². The third-order valence-electron chi connectivity index (χ3n) is 4.92. The van der Waals surface area contributed by atoms with E-state index in [2.05, 4.69) is 20.4 Å². The van der Waals surface area contributed by atoms with Crippen molar-refractivity contribution in [2.45, 2.75) is 38.5 Å². The Bertz CT molecular complexity index is 733. The zero-order valence-corrected chi connectivity index (χ0v) is 14.2. The molecular formula is C18H22N4O3. The molecule has 2 aromatic rings. The van der Waals surface area contributed by atoms with Crippen LogP contribution in [0.2, 0.25) is 0 Å². The molecule has 7 nitrogen and oxygen atoms in total. The molecule has 2 aliphatic heterocycles. The number of piperidine rings is 1. The molecule has 3 atom stereocenters. The molecular weight excluding hydrogens is 320 g/mol. The van der Waals surface area contributed by atoms with Crippen LogP contribution in [0.25, 0.3) is 0 Å². The number of fused-ring (bicyclic) bond motifs is 1. The molecule has 2 saturated heterocycles. The van der Waals surface area contributed by atoms with Gasteiger partial charge in [0.2, 0.25) is 0 Å². The summed E-state index contributed by atoms with van der Waals surface area (Å²) < 4.78 is 11.2. The summed E-state index contributed by atoms with van der Waals surface area (Å²) in [4.78, 5) is 18.8. The van der Waals surface area contributed by atoms with E-state index in [0.717, 1.165) is 43.9 Å². The number of hydrogen-bond donors (Lipinski definition) is 1. The Morgan fingerprint density at radius 2 is 2.40 bits per heavy atom. The van der Waals surface area contributed by atoms with Crippen LogP contribution in [-0.2, 0) is 16.1 Å². The predicted octanol–water partition coefficient (Wildman–Crippen LogP) is 2.00. The average molecular weight is 342 g/mol. The summed E-state index contributed by atoms with van der Waals surface area (Å²) in [5, 5.41) is 6.94. The highest BCUT2D eigenvalue weighted by atomic mass is 16.5. The molecule has 1 N–H and O–H groups in total. The van der Waals surface area contributed by atoms with E-state index in [1.165, 1.54) is 0 Å². The molecule has 0 spiro atoms. The smallest absolute Gasteiger partial charge is 0.253 e. The van der Waals surface area contributed by atoms with Crippen molar-refractivity contribution in [1.82, 2.24) is 15.0 Å². The minimum Gasteiger partial charge on any atom is -0.364 e. The summed E-state index contributed by atoms with van der Waals surface area (Å²) in [5.41, 5.74) is 1.65. The number of carbonyl (C=O) groups excluding carboxylic acids is 1. The molecule has 0 unspecified atom stereocenters. The fourth-order valence-electron chi connectivity index (χ4n) is 3.69. The largest absolute Gasteiger partial charge is 0.364 e. The van der Waals surface area contributed by atoms with E-state index in [-0.39, 0.29) is 18.1 Å². The van der Waals surface area contributed by atoms with Crippen molar-refractivity contribution in [1.29, 1.82) is 0 Å². The second-order valence-electron chi connectivity index (χ2n) is 6.84. The molecule has 0 aliphatic carbocycles. The van der Waals surface area contributed by atoms with Crippen LogP contribution < -0.4 is 5.32 Å². The molecule has 0 saturated carbocycles. The fourth-order valence-corrected chi connectivity index (χ4v) is 3.69. The van der Waals surface area contributed by atoms with Gasteiger partial charge in [-0.25, -0.2) is 0 Å². The number of ether oxygens (including phenoxy) is 1. The second kappa shape index (κ2) is 6.93. The number of aromatic nitrogens is 2. The van der Waals surface area contributed by atoms with E-state index in [4.69, 9.17) is 9.26 Å². The average Bonchev–Trinajstić information content (AvgIpc) is 3.21. The summed E-state index contributed by atoms with van der Waals surface area (Å²) in [5.74, 6) is 1.19. The Balaban J connectivity index is 1.33. The van der Waals surface area contributed by atoms with Crippen LogP contribution in [0.5, 0.6) is 0 Å². The van der Waals surface area contributed by atoms with Gasteiger partial charge >= 0.3 is 0 Å². The standard InChI is InChI=1S/C18H22N4O3/c1-12-7-15(21-25-12)10-22-6-4-13-8-16(24-17(13)11-22)18(23)20-14-3-2-5-19-9-14/h2-3,5,7,9,13,16-17H,4,6,8,10-11H2,1H3,(H,20,23)/t13-,16-,17-/m0/s1. The second-order valence-corrected chi connectivity index (χ2v) is 6.84. The molecule has 2 aliphatic rings. The van der Waals surface area contributed by atoms with Gasteiger partial charge in [-0.05, 0) is 44.4 Å². The first-order chi connectivity index (χ1) is 12.2. The van der Waals surface area contributed by atoms with E-state index >= 15 is 0 Å². The Morgan fingerprint density at radius 3 is 3.16 bits per heavy atom. The quantitative estimate of drug-likeness (QED) is 0.915. The van der Waals surface area contributed by atoms with Crippen molar-refractivity contribution >= 4 is 11.6 Å². The Kier molecular flexibility index (Phi) is 4.50. The number of pyridine rings is 1. The maximum Gasteiger partial charge on any atom is 0.253 e. The van der Waals surface area contributed by atoms with Gasteiger partial charge in [0.15, 0.2) is 0 Å². The molecule has 0 radical (unpaired) electrons. The third kappa shape index (κ3) is 3.72. The molecule has 4 rings (SSSR count). The van der Waals surface area contributed by atoms with E-state index in [1.54, 1.807) is 18.5 Å². The molecule has 1 amide bonds. The number of aryl methyl sites for hydroxylation is 1. The number of anilines is 1. The number of likely N-dealkylation sites (tertiary alicyclic amines) is 1. The highest BCUT2D eigenvalue weighted by molar-refractivity contribution is 5.94. The first-order valence-electron chi connectivity index (χ1n) is 8.68. The van der Waals surface area contributed by atoms with Crippen LogP contribution in [-0.4, -0.2) is 46.2 Å². The maximum atomic E-state index is 12.4. The van der Waals surface area contributed by atoms with Crippen LogP contribution in [0.3, 0.4) is 0 Å². The van der Waals surface area contributed by atoms with Gasteiger partial charge in [0.1, 0.15) is 11.9 Å². The minimum absolute atomic E-state index is 0.0823. The van der Waals surface area contributed by atoms with Gasteiger partial charge in [-0.15, -0.1) is 0 Å². The number of rotatable bonds is 4. The summed E-state index contributed by atoms with van der Waals surface area (Å²) in [6.45, 7) is 4.48. The van der Waals surface area contributed by atoms with Gasteiger partial charge in [-0.1, -0.05) is 5.16 Å². The van der Waals surface area contributed by atoms with E-state index in [9.17, 15) is 4.79 Å². The molecule has 2 aromatic heterocycles. The number of nitrogens with zero attached hydrogens (tertiary/aromatic N) is 3. The molecule has 0 aromatic carbocycles. The van der Waals surface area contributed by atoms with Gasteiger partial charge in [0.05, 0.1) is 23.7 Å². The zero-order chi connectivity index (χ0) is 17.2. The lowest BCUT2D eigenvalue weighted by Crippen LogP contribution is -2.42. The van der Waals surface area contributed by atoms with Crippen molar-refractivity contribution in [3.8, 4) is 0 Å². The van der Waals surface area contributed by atoms with Crippen molar-refractivity contribution in [2.24, 2.45) is 5.92 Å². The van der Waals surface area contributed by atoms with E-state index in [0.29, 0.717) is 11.6 Å². The molecule has 7 heteroatoms. The van der Waals surface area contributed by atoms with Gasteiger partial charge in [-0.2, -0.15) is 0 Å². The van der Waals surface area contributed by atoms with E-state index in [1.807, 2.05) is 19.1 Å². The van der Waals surface area contributed by atoms with Crippen molar-refractivity contribution in [3.63, 3.8) is 0 Å². The SMILES string of the molecule is Cc1cc(CN2CC[C@H]3C[C@@H](C(=O)Nc4cccnc4)O[C@H]3C2)no1. The lowest BCUT2D eigenvalue weighted by atomic mass is 9.91. The Morgan fingerprint density at radius 1 is 1.48 bits per heavy atom. The highest BCUT2D eigenvalue weighted by Crippen LogP contribution is 2.34. The first kappa shape index (κ1) is 16.2. The first-order valence-corrected chi connectivity index (χ1v) is 8.68. The number of hydrogen-bond acceptors (Lipinski definition) is 6. The van der Waals surface area contributed by atoms with Gasteiger partial charge in [-0.3, -0.25) is 14.7 Å². The highest BCUT2D eigenvalue weighted by Gasteiger charge is 2.41. The molecule has 2 fully saturated rings. The Hall–Kier alpha value is -2.25. The van der Waals surface area contributed by atoms with Crippen molar-refractivity contribution < 1.29 is 14.1 Å². The number of amides is 1. The van der Waals surface area contributed by atoms with Gasteiger partial charge in [0, 0.05) is 25.4 Å². The molecule has 0 bridgehead atoms. The summed E-state index contributed by atoms with van der Waals surface area (Å²) in [6, 6.07) is 5.59. The van der Waals surface area contributed by atoms with Crippen LogP contribution in [0.1, 0.15) is 24.3 Å². The van der Waals surface area contributed by atoms with Gasteiger partial charge < -0.3 is 14.6 Å². The van der Waals surface area contributed by atoms with Crippen molar-refractivity contribution in [2.75, 3.05) is 18.4 Å². The lowest BCUT2D eigenvalue weighted by Gasteiger charge is -2.33. The van der Waals surface area contributed by atoms with Crippen LogP contribution in [0.15, 0.2) is 35.1 Å². The number of nitrogens with one attached hydrogen (secondary N) is 1. The van der Waals surface area contributed by atoms with Crippen molar-refractivity contribution in [3.05, 3.63) is 42.0 Å². The number of carbonyl (C=O) groups is 1. The summed E-state index contributed by atoms with van der Waals surface area (Å²) in [7, 11) is 0. The van der Waals surface area contributed by atoms with Crippen LogP contribution in [0.4, 0.5) is 5.69 Å². The lowest BCUT2D eigenvalue weighted by molar-refractivity contribution is -0.127. The summed E-state index contributed by atoms with van der Waals surface area (Å²) >= 11 is 0. The predicted molar refractivity (Wildman–Crippen MR) is 90.8 cm³/mol. The third-order valence-corrected chi connectivity index (χ3v) is 4.92. The summed E-state index contributed by atoms with van der Waals surface area (Å²) in [6.07, 6.45) is 4.87. The topological polar surface area (TPSA) is 80.5 Å². The molecule has 4 heterocycles. The van der Waals surface area contributed by atoms with Crippen LogP contribution in [0, 0.1) is 12.8 Å².